The van der Waals surface area contributed by atoms with Crippen LogP contribution in [0.3, 0.4) is 0 Å². The number of anilines is 2. The highest BCUT2D eigenvalue weighted by Gasteiger charge is 2.12. The summed E-state index contributed by atoms with van der Waals surface area (Å²) in [6.07, 6.45) is 1.63. The zero-order valence-corrected chi connectivity index (χ0v) is 10.3. The minimum Gasteiger partial charge on any atom is -0.465 e. The van der Waals surface area contributed by atoms with E-state index in [1.165, 1.54) is 7.11 Å². The average molecular weight is 242 g/mol. The van der Waals surface area contributed by atoms with Crippen LogP contribution in [0.15, 0.2) is 42.6 Å². The first kappa shape index (κ1) is 12.1. The molecule has 0 radical (unpaired) electrons. The van der Waals surface area contributed by atoms with Crippen LogP contribution in [-0.4, -0.2) is 18.1 Å². The van der Waals surface area contributed by atoms with E-state index < -0.39 is 5.97 Å². The van der Waals surface area contributed by atoms with Gasteiger partial charge in [0.25, 0.3) is 0 Å². The number of hydrogen-bond acceptors (Lipinski definition) is 4. The maximum Gasteiger partial charge on any atom is 0.341 e. The standard InChI is InChI=1S/C14H14N2O2/c1-10-5-3-6-11(9-10)16-13-12(14(17)18-2)7-4-8-15-13/h3-9H,1-2H3,(H,15,16). The highest BCUT2D eigenvalue weighted by Crippen LogP contribution is 2.19. The Morgan fingerprint density at radius 3 is 2.83 bits per heavy atom. The Morgan fingerprint density at radius 1 is 1.28 bits per heavy atom. The molecule has 0 spiro atoms. The van der Waals surface area contributed by atoms with Crippen molar-refractivity contribution >= 4 is 17.5 Å². The molecule has 0 saturated carbocycles. The van der Waals surface area contributed by atoms with Gasteiger partial charge >= 0.3 is 5.97 Å². The van der Waals surface area contributed by atoms with Crippen molar-refractivity contribution in [3.63, 3.8) is 0 Å². The number of nitrogens with zero attached hydrogens (tertiary/aromatic N) is 1. The van der Waals surface area contributed by atoms with E-state index >= 15 is 0 Å². The van der Waals surface area contributed by atoms with Crippen LogP contribution in [0.25, 0.3) is 0 Å². The summed E-state index contributed by atoms with van der Waals surface area (Å²) in [5.41, 5.74) is 2.44. The summed E-state index contributed by atoms with van der Waals surface area (Å²) in [4.78, 5) is 15.7. The first-order valence-electron chi connectivity index (χ1n) is 5.58. The average Bonchev–Trinajstić information content (AvgIpc) is 2.38. The van der Waals surface area contributed by atoms with Crippen LogP contribution in [0.2, 0.25) is 0 Å². The van der Waals surface area contributed by atoms with Gasteiger partial charge in [0.15, 0.2) is 0 Å². The molecule has 4 nitrogen and oxygen atoms in total. The number of nitrogens with one attached hydrogen (secondary N) is 1. The molecule has 0 atom stereocenters. The fourth-order valence-corrected chi connectivity index (χ4v) is 1.64. The van der Waals surface area contributed by atoms with Crippen LogP contribution in [0.1, 0.15) is 15.9 Å². The number of esters is 1. The number of aryl methyl sites for hydroxylation is 1. The first-order valence-corrected chi connectivity index (χ1v) is 5.58. The predicted molar refractivity (Wildman–Crippen MR) is 70.0 cm³/mol. The van der Waals surface area contributed by atoms with Crippen molar-refractivity contribution in [3.8, 4) is 0 Å². The van der Waals surface area contributed by atoms with Gasteiger partial charge in [0.2, 0.25) is 0 Å². The minimum absolute atomic E-state index is 0.404. The fraction of sp³-hybridized carbons (Fsp3) is 0.143. The Hall–Kier alpha value is -2.36. The van der Waals surface area contributed by atoms with Crippen molar-refractivity contribution in [1.82, 2.24) is 4.98 Å². The molecule has 2 aromatic rings. The minimum atomic E-state index is -0.404. The third kappa shape index (κ3) is 2.66. The molecule has 1 aromatic heterocycles. The highest BCUT2D eigenvalue weighted by atomic mass is 16.5. The summed E-state index contributed by atoms with van der Waals surface area (Å²) in [5.74, 6) is 0.0909. The lowest BCUT2D eigenvalue weighted by Gasteiger charge is -2.09. The third-order valence-corrected chi connectivity index (χ3v) is 2.49. The summed E-state index contributed by atoms with van der Waals surface area (Å²) in [6, 6.07) is 11.2. The Balaban J connectivity index is 2.32. The second-order valence-corrected chi connectivity index (χ2v) is 3.89. The molecular formula is C14H14N2O2. The molecule has 18 heavy (non-hydrogen) atoms. The Labute approximate surface area is 106 Å². The van der Waals surface area contributed by atoms with E-state index in [0.717, 1.165) is 11.3 Å². The van der Waals surface area contributed by atoms with Crippen LogP contribution in [-0.2, 0) is 4.74 Å². The topological polar surface area (TPSA) is 51.2 Å². The van der Waals surface area contributed by atoms with Gasteiger partial charge in [-0.05, 0) is 36.8 Å². The lowest BCUT2D eigenvalue weighted by atomic mass is 10.2. The molecule has 1 aromatic carbocycles. The van der Waals surface area contributed by atoms with E-state index in [0.29, 0.717) is 11.4 Å². The van der Waals surface area contributed by atoms with E-state index in [1.807, 2.05) is 31.2 Å². The summed E-state index contributed by atoms with van der Waals surface area (Å²) in [6.45, 7) is 2.00. The molecule has 0 aliphatic rings. The third-order valence-electron chi connectivity index (χ3n) is 2.49. The van der Waals surface area contributed by atoms with Crippen molar-refractivity contribution < 1.29 is 9.53 Å². The summed E-state index contributed by atoms with van der Waals surface area (Å²) in [7, 11) is 1.35. The van der Waals surface area contributed by atoms with Gasteiger partial charge in [0.05, 0.1) is 7.11 Å². The van der Waals surface area contributed by atoms with Gasteiger partial charge in [-0.3, -0.25) is 0 Å². The van der Waals surface area contributed by atoms with Crippen LogP contribution >= 0.6 is 0 Å². The number of carbonyl (C=O) groups excluding carboxylic acids is 1. The predicted octanol–water partition coefficient (Wildman–Crippen LogP) is 2.92. The number of benzene rings is 1. The zero-order chi connectivity index (χ0) is 13.0. The molecule has 0 saturated heterocycles. The van der Waals surface area contributed by atoms with Gasteiger partial charge < -0.3 is 10.1 Å². The van der Waals surface area contributed by atoms with E-state index in [-0.39, 0.29) is 0 Å². The Kier molecular flexibility index (Phi) is 3.57. The number of aromatic nitrogens is 1. The van der Waals surface area contributed by atoms with Crippen LogP contribution < -0.4 is 5.32 Å². The Morgan fingerprint density at radius 2 is 2.11 bits per heavy atom. The SMILES string of the molecule is COC(=O)c1cccnc1Nc1cccc(C)c1. The lowest BCUT2D eigenvalue weighted by molar-refractivity contribution is 0.0601. The molecule has 4 heteroatoms. The number of rotatable bonds is 3. The summed E-state index contributed by atoms with van der Waals surface area (Å²) in [5, 5.41) is 3.12. The second-order valence-electron chi connectivity index (χ2n) is 3.89. The van der Waals surface area contributed by atoms with Gasteiger partial charge in [-0.25, -0.2) is 9.78 Å². The van der Waals surface area contributed by atoms with Crippen LogP contribution in [0.4, 0.5) is 11.5 Å². The molecule has 0 fully saturated rings. The molecular weight excluding hydrogens is 228 g/mol. The number of carbonyl (C=O) groups is 1. The monoisotopic (exact) mass is 242 g/mol. The molecule has 0 aliphatic carbocycles. The molecule has 0 bridgehead atoms. The maximum absolute atomic E-state index is 11.6. The molecule has 0 aliphatic heterocycles. The molecule has 2 rings (SSSR count). The highest BCUT2D eigenvalue weighted by molar-refractivity contribution is 5.95. The number of methoxy groups -OCH3 is 1. The largest absolute Gasteiger partial charge is 0.465 e. The van der Waals surface area contributed by atoms with Gasteiger partial charge in [-0.1, -0.05) is 12.1 Å². The van der Waals surface area contributed by atoms with Crippen LogP contribution in [0, 0.1) is 6.92 Å². The van der Waals surface area contributed by atoms with Gasteiger partial charge in [-0.15, -0.1) is 0 Å². The van der Waals surface area contributed by atoms with Gasteiger partial charge in [0.1, 0.15) is 11.4 Å². The molecule has 92 valence electrons. The molecule has 1 heterocycles. The zero-order valence-electron chi connectivity index (χ0n) is 10.3. The molecule has 0 unspecified atom stereocenters. The van der Waals surface area contributed by atoms with Crippen LogP contribution in [0.5, 0.6) is 0 Å². The summed E-state index contributed by atoms with van der Waals surface area (Å²) < 4.78 is 4.72. The van der Waals surface area contributed by atoms with Crippen molar-refractivity contribution in [1.29, 1.82) is 0 Å². The quantitative estimate of drug-likeness (QED) is 0.841. The van der Waals surface area contributed by atoms with Gasteiger partial charge in [-0.2, -0.15) is 0 Å². The van der Waals surface area contributed by atoms with Crippen molar-refractivity contribution in [3.05, 3.63) is 53.7 Å². The smallest absolute Gasteiger partial charge is 0.341 e. The fourth-order valence-electron chi connectivity index (χ4n) is 1.64. The normalized spacial score (nSPS) is 9.89. The Bertz CT molecular complexity index is 567. The van der Waals surface area contributed by atoms with Crippen molar-refractivity contribution in [2.75, 3.05) is 12.4 Å². The van der Waals surface area contributed by atoms with E-state index in [1.54, 1.807) is 18.3 Å². The second kappa shape index (κ2) is 5.31. The molecule has 0 amide bonds. The van der Waals surface area contributed by atoms with E-state index in [4.69, 9.17) is 4.74 Å². The lowest BCUT2D eigenvalue weighted by Crippen LogP contribution is -2.07. The van der Waals surface area contributed by atoms with E-state index in [9.17, 15) is 4.79 Å². The molecule has 1 N–H and O–H groups in total. The first-order chi connectivity index (χ1) is 8.70. The van der Waals surface area contributed by atoms with Crippen molar-refractivity contribution in [2.24, 2.45) is 0 Å². The van der Waals surface area contributed by atoms with Crippen molar-refractivity contribution in [2.45, 2.75) is 6.92 Å². The number of hydrogen-bond donors (Lipinski definition) is 1. The maximum atomic E-state index is 11.6. The number of ether oxygens (including phenoxy) is 1. The van der Waals surface area contributed by atoms with E-state index in [2.05, 4.69) is 10.3 Å². The number of pyridine rings is 1. The summed E-state index contributed by atoms with van der Waals surface area (Å²) >= 11 is 0. The van der Waals surface area contributed by atoms with Gasteiger partial charge in [0, 0.05) is 11.9 Å².